The summed E-state index contributed by atoms with van der Waals surface area (Å²) in [5.41, 5.74) is 1.17. The summed E-state index contributed by atoms with van der Waals surface area (Å²) in [6, 6.07) is 12.6. The molecule has 3 aliphatic heterocycles. The fraction of sp³-hybridized carbons (Fsp3) is 0.519. The van der Waals surface area contributed by atoms with Crippen LogP contribution in [0.3, 0.4) is 0 Å². The van der Waals surface area contributed by atoms with Gasteiger partial charge in [-0.15, -0.1) is 0 Å². The predicted molar refractivity (Wildman–Crippen MR) is 135 cm³/mol. The smallest absolute Gasteiger partial charge is 0.243 e. The first-order chi connectivity index (χ1) is 17.4. The van der Waals surface area contributed by atoms with Crippen LogP contribution in [0.1, 0.15) is 37.7 Å². The zero-order valence-corrected chi connectivity index (χ0v) is 21.6. The third-order valence-corrected chi connectivity index (χ3v) is 9.61. The number of hydrogen-bond acceptors (Lipinski definition) is 6. The van der Waals surface area contributed by atoms with E-state index in [1.807, 2.05) is 23.1 Å². The molecule has 3 heterocycles. The quantitative estimate of drug-likeness (QED) is 0.562. The maximum absolute atomic E-state index is 13.1. The minimum atomic E-state index is -3.56. The van der Waals surface area contributed by atoms with E-state index in [0.29, 0.717) is 38.5 Å². The van der Waals surface area contributed by atoms with Crippen molar-refractivity contribution in [2.75, 3.05) is 46.5 Å². The van der Waals surface area contributed by atoms with E-state index in [0.717, 1.165) is 62.3 Å². The van der Waals surface area contributed by atoms with E-state index in [-0.39, 0.29) is 16.2 Å². The van der Waals surface area contributed by atoms with Crippen LogP contribution in [0.5, 0.6) is 17.2 Å². The Morgan fingerprint density at radius 3 is 2.53 bits per heavy atom. The molecule has 2 aromatic carbocycles. The molecule has 0 aliphatic carbocycles. The molecule has 1 spiro atoms. The number of likely N-dealkylation sites (tertiary alicyclic amines) is 1. The highest BCUT2D eigenvalue weighted by Gasteiger charge is 2.44. The fourth-order valence-corrected chi connectivity index (χ4v) is 6.99. The van der Waals surface area contributed by atoms with Gasteiger partial charge in [0.1, 0.15) is 19.0 Å². The monoisotopic (exact) mass is 514 g/mol. The number of carbonyl (C=O) groups excluding carboxylic acids is 1. The second-order valence-corrected chi connectivity index (χ2v) is 11.9. The Labute approximate surface area is 213 Å². The summed E-state index contributed by atoms with van der Waals surface area (Å²) in [5.74, 6) is 2.29. The van der Waals surface area contributed by atoms with Crippen molar-refractivity contribution in [2.24, 2.45) is 5.41 Å². The lowest BCUT2D eigenvalue weighted by molar-refractivity contribution is -0.130. The maximum atomic E-state index is 13.1. The van der Waals surface area contributed by atoms with Crippen molar-refractivity contribution in [1.82, 2.24) is 9.21 Å². The van der Waals surface area contributed by atoms with Gasteiger partial charge >= 0.3 is 0 Å². The van der Waals surface area contributed by atoms with E-state index in [2.05, 4.69) is 0 Å². The molecule has 0 radical (unpaired) electrons. The molecule has 0 aromatic heterocycles. The van der Waals surface area contributed by atoms with Crippen LogP contribution in [-0.4, -0.2) is 70.0 Å². The van der Waals surface area contributed by atoms with Crippen LogP contribution in [0.4, 0.5) is 0 Å². The SMILES string of the molecule is COc1cccc(S(=O)(=O)N2CCC3(CCN(C(=O)CCCc4ccc5c(c4)OCCO5)C3)CC2)c1. The number of piperidine rings is 1. The number of methoxy groups -OCH3 is 1. The Kier molecular flexibility index (Phi) is 7.12. The molecule has 1 amide bonds. The van der Waals surface area contributed by atoms with E-state index < -0.39 is 10.0 Å². The molecular weight excluding hydrogens is 480 g/mol. The van der Waals surface area contributed by atoms with Gasteiger partial charge < -0.3 is 19.1 Å². The molecule has 0 unspecified atom stereocenters. The Balaban J connectivity index is 1.11. The van der Waals surface area contributed by atoms with Gasteiger partial charge in [-0.3, -0.25) is 4.79 Å². The molecule has 2 fully saturated rings. The fourth-order valence-electron chi connectivity index (χ4n) is 5.51. The van der Waals surface area contributed by atoms with Crippen LogP contribution in [-0.2, 0) is 21.2 Å². The molecule has 0 N–H and O–H groups in total. The van der Waals surface area contributed by atoms with E-state index in [1.165, 1.54) is 7.11 Å². The Hall–Kier alpha value is -2.78. The van der Waals surface area contributed by atoms with Crippen LogP contribution in [0.15, 0.2) is 47.4 Å². The Morgan fingerprint density at radius 1 is 1.00 bits per heavy atom. The molecular formula is C27H34N2O6S. The highest BCUT2D eigenvalue weighted by atomic mass is 32.2. The van der Waals surface area contributed by atoms with E-state index in [4.69, 9.17) is 14.2 Å². The van der Waals surface area contributed by atoms with Crippen molar-refractivity contribution in [3.8, 4) is 17.2 Å². The number of hydrogen-bond donors (Lipinski definition) is 0. The summed E-state index contributed by atoms with van der Waals surface area (Å²) in [7, 11) is -2.03. The van der Waals surface area contributed by atoms with Crippen LogP contribution in [0.25, 0.3) is 0 Å². The van der Waals surface area contributed by atoms with Crippen LogP contribution >= 0.6 is 0 Å². The molecule has 36 heavy (non-hydrogen) atoms. The second-order valence-electron chi connectivity index (χ2n) is 9.98. The summed E-state index contributed by atoms with van der Waals surface area (Å²) in [6.07, 6.45) is 4.61. The lowest BCUT2D eigenvalue weighted by Crippen LogP contribution is -2.44. The van der Waals surface area contributed by atoms with Crippen molar-refractivity contribution in [2.45, 2.75) is 43.4 Å². The van der Waals surface area contributed by atoms with Gasteiger partial charge in [-0.25, -0.2) is 8.42 Å². The van der Waals surface area contributed by atoms with Crippen LogP contribution in [0.2, 0.25) is 0 Å². The van der Waals surface area contributed by atoms with E-state index in [9.17, 15) is 13.2 Å². The van der Waals surface area contributed by atoms with Gasteiger partial charge in [0.15, 0.2) is 11.5 Å². The molecule has 8 nitrogen and oxygen atoms in total. The summed E-state index contributed by atoms with van der Waals surface area (Å²) in [4.78, 5) is 15.2. The van der Waals surface area contributed by atoms with E-state index >= 15 is 0 Å². The average molecular weight is 515 g/mol. The average Bonchev–Trinajstić information content (AvgIpc) is 3.32. The molecule has 0 saturated carbocycles. The van der Waals surface area contributed by atoms with Crippen LogP contribution in [0, 0.1) is 5.41 Å². The molecule has 0 atom stereocenters. The number of nitrogens with zero attached hydrogens (tertiary/aromatic N) is 2. The molecule has 5 rings (SSSR count). The third-order valence-electron chi connectivity index (χ3n) is 7.72. The largest absolute Gasteiger partial charge is 0.497 e. The molecule has 2 saturated heterocycles. The van der Waals surface area contributed by atoms with Crippen molar-refractivity contribution < 1.29 is 27.4 Å². The number of benzene rings is 2. The zero-order chi connectivity index (χ0) is 25.2. The van der Waals surface area contributed by atoms with Crippen molar-refractivity contribution in [3.05, 3.63) is 48.0 Å². The molecule has 0 bridgehead atoms. The number of carbonyl (C=O) groups is 1. The highest BCUT2D eigenvalue weighted by Crippen LogP contribution is 2.42. The first-order valence-corrected chi connectivity index (χ1v) is 14.1. The van der Waals surface area contributed by atoms with Gasteiger partial charge in [-0.2, -0.15) is 4.31 Å². The standard InChI is InChI=1S/C27H34N2O6S/c1-33-22-5-3-6-23(19-22)36(31,32)29-14-11-27(12-15-29)10-13-28(20-27)26(30)7-2-4-21-8-9-24-25(18-21)35-17-16-34-24/h3,5-6,8-9,18-19H,2,4,7,10-17,20H2,1H3. The van der Waals surface area contributed by atoms with Gasteiger partial charge in [0.2, 0.25) is 15.9 Å². The maximum Gasteiger partial charge on any atom is 0.243 e. The lowest BCUT2D eigenvalue weighted by Gasteiger charge is -2.38. The minimum Gasteiger partial charge on any atom is -0.497 e. The Bertz CT molecular complexity index is 1210. The Morgan fingerprint density at radius 2 is 1.75 bits per heavy atom. The number of fused-ring (bicyclic) bond motifs is 1. The first-order valence-electron chi connectivity index (χ1n) is 12.7. The molecule has 3 aliphatic rings. The van der Waals surface area contributed by atoms with Crippen molar-refractivity contribution in [1.29, 1.82) is 0 Å². The molecule has 2 aromatic rings. The summed E-state index contributed by atoms with van der Waals surface area (Å²) < 4.78 is 44.3. The zero-order valence-electron chi connectivity index (χ0n) is 20.8. The normalized spacial score (nSPS) is 19.4. The van der Waals surface area contributed by atoms with Gasteiger partial charge in [-0.1, -0.05) is 12.1 Å². The van der Waals surface area contributed by atoms with Crippen molar-refractivity contribution >= 4 is 15.9 Å². The molecule has 194 valence electrons. The van der Waals surface area contributed by atoms with E-state index in [1.54, 1.807) is 28.6 Å². The third kappa shape index (κ3) is 5.18. The number of ether oxygens (including phenoxy) is 3. The van der Waals surface area contributed by atoms with Crippen molar-refractivity contribution in [3.63, 3.8) is 0 Å². The summed E-state index contributed by atoms with van der Waals surface area (Å²) >= 11 is 0. The number of sulfonamides is 1. The van der Waals surface area contributed by atoms with Gasteiger partial charge in [0, 0.05) is 38.7 Å². The highest BCUT2D eigenvalue weighted by molar-refractivity contribution is 7.89. The second kappa shape index (κ2) is 10.3. The number of amides is 1. The van der Waals surface area contributed by atoms with Gasteiger partial charge in [-0.05, 0) is 67.3 Å². The predicted octanol–water partition coefficient (Wildman–Crippen LogP) is 3.49. The minimum absolute atomic E-state index is 0.0197. The van der Waals surface area contributed by atoms with Gasteiger partial charge in [0.05, 0.1) is 12.0 Å². The topological polar surface area (TPSA) is 85.4 Å². The summed E-state index contributed by atoms with van der Waals surface area (Å²) in [5, 5.41) is 0. The molecule has 9 heteroatoms. The first kappa shape index (κ1) is 24.9. The van der Waals surface area contributed by atoms with Crippen LogP contribution < -0.4 is 14.2 Å². The van der Waals surface area contributed by atoms with Gasteiger partial charge in [0.25, 0.3) is 0 Å². The summed E-state index contributed by atoms with van der Waals surface area (Å²) in [6.45, 7) is 3.58. The number of aryl methyl sites for hydroxylation is 1. The lowest BCUT2D eigenvalue weighted by atomic mass is 9.78. The number of rotatable bonds is 7.